The first-order chi connectivity index (χ1) is 8.43. The molecule has 0 saturated carbocycles. The summed E-state index contributed by atoms with van der Waals surface area (Å²) in [5.41, 5.74) is 10.5. The second-order valence-corrected chi connectivity index (χ2v) is 6.54. The van der Waals surface area contributed by atoms with Crippen molar-refractivity contribution >= 4 is 0 Å². The van der Waals surface area contributed by atoms with Crippen molar-refractivity contribution in [2.75, 3.05) is 20.1 Å². The van der Waals surface area contributed by atoms with Crippen molar-refractivity contribution in [2.24, 2.45) is 11.1 Å². The smallest absolute Gasteiger partial charge is 0.0351 e. The Balaban J connectivity index is 2.15. The molecule has 1 atom stereocenters. The van der Waals surface area contributed by atoms with Gasteiger partial charge in [-0.2, -0.15) is 0 Å². The van der Waals surface area contributed by atoms with E-state index < -0.39 is 0 Å². The van der Waals surface area contributed by atoms with E-state index >= 15 is 0 Å². The summed E-state index contributed by atoms with van der Waals surface area (Å²) in [6, 6.07) is 7.46. The number of hydrogen-bond acceptors (Lipinski definition) is 2. The fraction of sp³-hybridized carbons (Fsp3) is 0.625. The standard InChI is InChI=1S/C16H26N2/c1-12-5-6-13-7-8-15(14(13)9-12)18(4)11-16(2,3)10-17/h5-6,9,15H,7-8,10-11,17H2,1-4H3. The van der Waals surface area contributed by atoms with E-state index in [2.05, 4.69) is 50.9 Å². The number of rotatable bonds is 4. The Bertz CT molecular complexity index is 423. The summed E-state index contributed by atoms with van der Waals surface area (Å²) in [6.45, 7) is 8.47. The van der Waals surface area contributed by atoms with Crippen LogP contribution >= 0.6 is 0 Å². The van der Waals surface area contributed by atoms with Crippen LogP contribution in [0.25, 0.3) is 0 Å². The van der Waals surface area contributed by atoms with Crippen LogP contribution in [0.5, 0.6) is 0 Å². The third kappa shape index (κ3) is 2.76. The van der Waals surface area contributed by atoms with E-state index in [0.717, 1.165) is 13.1 Å². The SMILES string of the molecule is Cc1ccc2c(c1)C(N(C)CC(C)(C)CN)CC2. The molecule has 18 heavy (non-hydrogen) atoms. The van der Waals surface area contributed by atoms with Gasteiger partial charge in [-0.3, -0.25) is 4.90 Å². The number of nitrogens with two attached hydrogens (primary N) is 1. The molecule has 1 aliphatic rings. The van der Waals surface area contributed by atoms with Gasteiger partial charge in [-0.05, 0) is 49.9 Å². The van der Waals surface area contributed by atoms with Crippen LogP contribution in [0.1, 0.15) is 43.0 Å². The molecule has 1 aliphatic carbocycles. The molecule has 0 heterocycles. The van der Waals surface area contributed by atoms with Gasteiger partial charge in [0.1, 0.15) is 0 Å². The van der Waals surface area contributed by atoms with Crippen LogP contribution in [0.15, 0.2) is 18.2 Å². The Labute approximate surface area is 111 Å². The Morgan fingerprint density at radius 2 is 2.11 bits per heavy atom. The van der Waals surface area contributed by atoms with Gasteiger partial charge < -0.3 is 5.73 Å². The molecule has 0 radical (unpaired) electrons. The van der Waals surface area contributed by atoms with E-state index in [-0.39, 0.29) is 5.41 Å². The zero-order valence-corrected chi connectivity index (χ0v) is 12.2. The first kappa shape index (κ1) is 13.6. The van der Waals surface area contributed by atoms with Crippen molar-refractivity contribution in [3.63, 3.8) is 0 Å². The van der Waals surface area contributed by atoms with E-state index in [1.807, 2.05) is 0 Å². The molecule has 0 aliphatic heterocycles. The number of benzene rings is 1. The zero-order valence-electron chi connectivity index (χ0n) is 12.2. The summed E-state index contributed by atoms with van der Waals surface area (Å²) in [4.78, 5) is 2.48. The molecule has 0 amide bonds. The highest BCUT2D eigenvalue weighted by atomic mass is 15.1. The molecule has 1 aromatic carbocycles. The molecule has 1 unspecified atom stereocenters. The van der Waals surface area contributed by atoms with Crippen LogP contribution < -0.4 is 5.73 Å². The Morgan fingerprint density at radius 1 is 1.39 bits per heavy atom. The van der Waals surface area contributed by atoms with Crippen molar-refractivity contribution in [3.05, 3.63) is 34.9 Å². The highest BCUT2D eigenvalue weighted by Gasteiger charge is 2.29. The van der Waals surface area contributed by atoms with Crippen LogP contribution in [0.3, 0.4) is 0 Å². The van der Waals surface area contributed by atoms with Gasteiger partial charge in [0.25, 0.3) is 0 Å². The first-order valence-corrected chi connectivity index (χ1v) is 6.93. The number of fused-ring (bicyclic) bond motifs is 1. The van der Waals surface area contributed by atoms with E-state index in [1.54, 1.807) is 0 Å². The number of nitrogens with zero attached hydrogens (tertiary/aromatic N) is 1. The fourth-order valence-corrected chi connectivity index (χ4v) is 3.01. The van der Waals surface area contributed by atoms with Crippen molar-refractivity contribution in [1.82, 2.24) is 4.90 Å². The molecule has 2 heteroatoms. The van der Waals surface area contributed by atoms with E-state index in [0.29, 0.717) is 6.04 Å². The Hall–Kier alpha value is -0.860. The maximum absolute atomic E-state index is 5.85. The van der Waals surface area contributed by atoms with Crippen molar-refractivity contribution < 1.29 is 0 Å². The molecule has 2 rings (SSSR count). The summed E-state index contributed by atoms with van der Waals surface area (Å²) >= 11 is 0. The lowest BCUT2D eigenvalue weighted by atomic mass is 9.92. The molecule has 2 nitrogen and oxygen atoms in total. The number of aryl methyl sites for hydroxylation is 2. The van der Waals surface area contributed by atoms with Crippen LogP contribution in [-0.4, -0.2) is 25.0 Å². The average Bonchev–Trinajstić information content (AvgIpc) is 2.71. The normalized spacial score (nSPS) is 19.3. The van der Waals surface area contributed by atoms with Crippen molar-refractivity contribution in [2.45, 2.75) is 39.7 Å². The minimum absolute atomic E-state index is 0.196. The lowest BCUT2D eigenvalue weighted by molar-refractivity contribution is 0.164. The third-order valence-electron chi connectivity index (χ3n) is 4.11. The highest BCUT2D eigenvalue weighted by molar-refractivity contribution is 5.37. The summed E-state index contributed by atoms with van der Waals surface area (Å²) < 4.78 is 0. The average molecular weight is 246 g/mol. The second kappa shape index (κ2) is 5.02. The number of hydrogen-bond donors (Lipinski definition) is 1. The molecule has 0 aromatic heterocycles. The topological polar surface area (TPSA) is 29.3 Å². The molecule has 0 bridgehead atoms. The van der Waals surface area contributed by atoms with E-state index in [9.17, 15) is 0 Å². The van der Waals surface area contributed by atoms with E-state index in [4.69, 9.17) is 5.73 Å². The highest BCUT2D eigenvalue weighted by Crippen LogP contribution is 2.36. The summed E-state index contributed by atoms with van der Waals surface area (Å²) in [5.74, 6) is 0. The maximum atomic E-state index is 5.85. The zero-order chi connectivity index (χ0) is 13.3. The molecule has 100 valence electrons. The summed E-state index contributed by atoms with van der Waals surface area (Å²) in [6.07, 6.45) is 2.46. The predicted octanol–water partition coefficient (Wildman–Crippen LogP) is 2.90. The van der Waals surface area contributed by atoms with Gasteiger partial charge in [-0.15, -0.1) is 0 Å². The van der Waals surface area contributed by atoms with Gasteiger partial charge in [0, 0.05) is 12.6 Å². The molecule has 0 saturated heterocycles. The van der Waals surface area contributed by atoms with Gasteiger partial charge in [0.05, 0.1) is 0 Å². The fourth-order valence-electron chi connectivity index (χ4n) is 3.01. The minimum Gasteiger partial charge on any atom is -0.330 e. The van der Waals surface area contributed by atoms with Gasteiger partial charge >= 0.3 is 0 Å². The first-order valence-electron chi connectivity index (χ1n) is 6.93. The van der Waals surface area contributed by atoms with Crippen LogP contribution in [0, 0.1) is 12.3 Å². The maximum Gasteiger partial charge on any atom is 0.0351 e. The lowest BCUT2D eigenvalue weighted by Crippen LogP contribution is -2.38. The summed E-state index contributed by atoms with van der Waals surface area (Å²) in [7, 11) is 2.24. The van der Waals surface area contributed by atoms with E-state index in [1.165, 1.54) is 29.5 Å². The predicted molar refractivity (Wildman–Crippen MR) is 77.7 cm³/mol. The van der Waals surface area contributed by atoms with Crippen LogP contribution in [-0.2, 0) is 6.42 Å². The molecular formula is C16H26N2. The Morgan fingerprint density at radius 3 is 2.78 bits per heavy atom. The monoisotopic (exact) mass is 246 g/mol. The minimum atomic E-state index is 0.196. The largest absolute Gasteiger partial charge is 0.330 e. The molecule has 2 N–H and O–H groups in total. The van der Waals surface area contributed by atoms with Gasteiger partial charge in [0.15, 0.2) is 0 Å². The lowest BCUT2D eigenvalue weighted by Gasteiger charge is -2.33. The second-order valence-electron chi connectivity index (χ2n) is 6.54. The molecule has 1 aromatic rings. The van der Waals surface area contributed by atoms with Crippen LogP contribution in [0.4, 0.5) is 0 Å². The van der Waals surface area contributed by atoms with Gasteiger partial charge in [-0.25, -0.2) is 0 Å². The van der Waals surface area contributed by atoms with Crippen LogP contribution in [0.2, 0.25) is 0 Å². The van der Waals surface area contributed by atoms with Gasteiger partial charge in [-0.1, -0.05) is 37.6 Å². The third-order valence-corrected chi connectivity index (χ3v) is 4.11. The molecular weight excluding hydrogens is 220 g/mol. The molecule has 0 fully saturated rings. The Kier molecular flexibility index (Phi) is 3.79. The van der Waals surface area contributed by atoms with Crippen molar-refractivity contribution in [3.8, 4) is 0 Å². The summed E-state index contributed by atoms with van der Waals surface area (Å²) in [5, 5.41) is 0. The van der Waals surface area contributed by atoms with Gasteiger partial charge in [0.2, 0.25) is 0 Å². The molecule has 0 spiro atoms. The van der Waals surface area contributed by atoms with Crippen molar-refractivity contribution in [1.29, 1.82) is 0 Å². The quantitative estimate of drug-likeness (QED) is 0.885.